The smallest absolute Gasteiger partial charge is 0.304 e. The van der Waals surface area contributed by atoms with Crippen LogP contribution in [0.25, 0.3) is 0 Å². The summed E-state index contributed by atoms with van der Waals surface area (Å²) < 4.78 is 11.8. The Morgan fingerprint density at radius 2 is 1.74 bits per heavy atom. The first-order valence-electron chi connectivity index (χ1n) is 14.4. The fourth-order valence-corrected chi connectivity index (χ4v) is 9.20. The van der Waals surface area contributed by atoms with E-state index < -0.39 is 11.9 Å². The minimum absolute atomic E-state index is 0.0979. The lowest BCUT2D eigenvalue weighted by molar-refractivity contribution is -0.196. The van der Waals surface area contributed by atoms with Crippen molar-refractivity contribution in [1.82, 2.24) is 0 Å². The van der Waals surface area contributed by atoms with Crippen molar-refractivity contribution in [3.05, 3.63) is 11.6 Å². The first kappa shape index (κ1) is 26.9. The number of allylic oxidation sites excluding steroid dienone is 1. The summed E-state index contributed by atoms with van der Waals surface area (Å²) in [6, 6.07) is 0. The predicted molar refractivity (Wildman–Crippen MR) is 140 cm³/mol. The maximum Gasteiger partial charge on any atom is 0.304 e. The van der Waals surface area contributed by atoms with Crippen LogP contribution in [-0.2, 0) is 19.1 Å². The number of ketones is 1. The molecule has 0 bridgehead atoms. The van der Waals surface area contributed by atoms with E-state index in [2.05, 4.69) is 34.6 Å². The zero-order chi connectivity index (χ0) is 25.8. The molecule has 2 saturated carbocycles. The number of hydrogen-bond donors (Lipinski definition) is 0. The van der Waals surface area contributed by atoms with Gasteiger partial charge in [-0.2, -0.15) is 0 Å². The van der Waals surface area contributed by atoms with Crippen LogP contribution in [0, 0.1) is 46.3 Å². The minimum Gasteiger partial charge on any atom is -0.436 e. The van der Waals surface area contributed by atoms with Crippen LogP contribution in [0.4, 0.5) is 0 Å². The summed E-state index contributed by atoms with van der Waals surface area (Å²) in [5.74, 6) is 3.21. The van der Waals surface area contributed by atoms with Gasteiger partial charge in [-0.05, 0) is 98.0 Å². The van der Waals surface area contributed by atoms with E-state index in [1.807, 2.05) is 19.9 Å². The number of fused-ring (bicyclic) bond motifs is 5. The number of carbonyl (C=O) groups excluding carboxylic acids is 2. The monoisotopic (exact) mass is 486 g/mol. The van der Waals surface area contributed by atoms with Crippen LogP contribution in [-0.4, -0.2) is 23.6 Å². The highest BCUT2D eigenvalue weighted by Gasteiger charge is 2.62. The Balaban J connectivity index is 1.59. The van der Waals surface area contributed by atoms with E-state index in [-0.39, 0.29) is 22.7 Å². The van der Waals surface area contributed by atoms with E-state index >= 15 is 0 Å². The maximum atomic E-state index is 13.9. The highest BCUT2D eigenvalue weighted by molar-refractivity contribution is 5.95. The van der Waals surface area contributed by atoms with Crippen LogP contribution >= 0.6 is 0 Å². The number of hydrogen-bond acceptors (Lipinski definition) is 4. The molecule has 4 rings (SSSR count). The van der Waals surface area contributed by atoms with E-state index in [9.17, 15) is 9.59 Å². The molecule has 0 aromatic heterocycles. The Morgan fingerprint density at radius 3 is 2.40 bits per heavy atom. The van der Waals surface area contributed by atoms with Gasteiger partial charge in [0, 0.05) is 19.3 Å². The van der Waals surface area contributed by atoms with Gasteiger partial charge in [-0.3, -0.25) is 9.59 Å². The summed E-state index contributed by atoms with van der Waals surface area (Å²) in [6.07, 6.45) is 11.8. The molecule has 35 heavy (non-hydrogen) atoms. The van der Waals surface area contributed by atoms with Gasteiger partial charge in [-0.15, -0.1) is 0 Å². The first-order valence-corrected chi connectivity index (χ1v) is 14.4. The van der Waals surface area contributed by atoms with E-state index in [4.69, 9.17) is 9.47 Å². The molecule has 0 unspecified atom stereocenters. The van der Waals surface area contributed by atoms with Gasteiger partial charge in [0.25, 0.3) is 0 Å². The number of carbonyl (C=O) groups is 2. The molecule has 1 heterocycles. The molecule has 3 fully saturated rings. The lowest BCUT2D eigenvalue weighted by Crippen LogP contribution is -2.54. The first-order chi connectivity index (χ1) is 16.3. The summed E-state index contributed by atoms with van der Waals surface area (Å²) in [7, 11) is 0. The molecule has 3 aliphatic carbocycles. The van der Waals surface area contributed by atoms with Crippen molar-refractivity contribution < 1.29 is 19.1 Å². The highest BCUT2D eigenvalue weighted by atomic mass is 16.7. The SMILES string of the molecule is CC(=O)O[C@H]1CC[C@@]2(C)C(=CC(=O)[C@H]3[C@@H]4CC[C@H]([C@H](C)CCCC(C)C)[C@@]4(C)CC[C@@H]32)C(C)(C)O1. The molecular weight excluding hydrogens is 436 g/mol. The molecule has 198 valence electrons. The summed E-state index contributed by atoms with van der Waals surface area (Å²) in [5, 5.41) is 0. The number of ether oxygens (including phenoxy) is 2. The number of rotatable bonds is 6. The normalized spacial score (nSPS) is 41.3. The van der Waals surface area contributed by atoms with Crippen LogP contribution < -0.4 is 0 Å². The van der Waals surface area contributed by atoms with Gasteiger partial charge in [-0.1, -0.05) is 53.9 Å². The Hall–Kier alpha value is -1.16. The highest BCUT2D eigenvalue weighted by Crippen LogP contribution is 2.67. The van der Waals surface area contributed by atoms with Gasteiger partial charge >= 0.3 is 5.97 Å². The van der Waals surface area contributed by atoms with Gasteiger partial charge in [0.2, 0.25) is 6.29 Å². The second-order valence-electron chi connectivity index (χ2n) is 13.9. The summed E-state index contributed by atoms with van der Waals surface area (Å²) in [6.45, 7) is 17.6. The second-order valence-corrected chi connectivity index (χ2v) is 13.9. The maximum absolute atomic E-state index is 13.9. The Kier molecular flexibility index (Phi) is 7.39. The van der Waals surface area contributed by atoms with Gasteiger partial charge in [0.05, 0.1) is 5.60 Å². The van der Waals surface area contributed by atoms with Crippen LogP contribution in [0.3, 0.4) is 0 Å². The van der Waals surface area contributed by atoms with Crippen molar-refractivity contribution in [3.8, 4) is 0 Å². The number of esters is 1. The zero-order valence-electron chi connectivity index (χ0n) is 23.6. The lowest BCUT2D eigenvalue weighted by Gasteiger charge is -2.57. The molecule has 0 radical (unpaired) electrons. The largest absolute Gasteiger partial charge is 0.436 e. The molecule has 1 saturated heterocycles. The molecule has 0 spiro atoms. The summed E-state index contributed by atoms with van der Waals surface area (Å²) >= 11 is 0. The van der Waals surface area contributed by atoms with E-state index in [1.165, 1.54) is 45.4 Å². The Bertz CT molecular complexity index is 856. The molecule has 4 nitrogen and oxygen atoms in total. The van der Waals surface area contributed by atoms with Gasteiger partial charge in [0.15, 0.2) is 5.78 Å². The van der Waals surface area contributed by atoms with Gasteiger partial charge in [-0.25, -0.2) is 0 Å². The van der Waals surface area contributed by atoms with Crippen LogP contribution in [0.15, 0.2) is 11.6 Å². The molecule has 0 amide bonds. The molecule has 4 aliphatic rings. The minimum atomic E-state index is -0.629. The Labute approximate surface area is 214 Å². The Morgan fingerprint density at radius 1 is 1.03 bits per heavy atom. The van der Waals surface area contributed by atoms with Crippen LogP contribution in [0.5, 0.6) is 0 Å². The summed E-state index contributed by atoms with van der Waals surface area (Å²) in [5.41, 5.74) is 0.660. The fraction of sp³-hybridized carbons (Fsp3) is 0.871. The van der Waals surface area contributed by atoms with Crippen molar-refractivity contribution >= 4 is 11.8 Å². The molecule has 4 heteroatoms. The van der Waals surface area contributed by atoms with Crippen molar-refractivity contribution in [2.75, 3.05) is 0 Å². The molecule has 0 aromatic rings. The van der Waals surface area contributed by atoms with Gasteiger partial charge in [0.1, 0.15) is 0 Å². The topological polar surface area (TPSA) is 52.6 Å². The van der Waals surface area contributed by atoms with Gasteiger partial charge < -0.3 is 9.47 Å². The average Bonchev–Trinajstić information content (AvgIpc) is 3.06. The third-order valence-corrected chi connectivity index (χ3v) is 10.8. The molecule has 8 atom stereocenters. The summed E-state index contributed by atoms with van der Waals surface area (Å²) in [4.78, 5) is 25.6. The predicted octanol–water partition coefficient (Wildman–Crippen LogP) is 7.50. The van der Waals surface area contributed by atoms with E-state index in [0.29, 0.717) is 24.0 Å². The fourth-order valence-electron chi connectivity index (χ4n) is 9.20. The standard InChI is InChI=1S/C31H50O4/c1-19(2)10-9-11-20(3)22-12-13-23-28-24(14-16-30(22,23)7)31(8)17-15-27(34-21(4)32)35-29(5,6)26(31)18-25(28)33/h18-20,22-24,27-28H,9-17H2,1-8H3/t20-,22-,23+,24+,27-,28+,30-,31-/m1/s1. The van der Waals surface area contributed by atoms with E-state index in [1.54, 1.807) is 0 Å². The van der Waals surface area contributed by atoms with Crippen molar-refractivity contribution in [1.29, 1.82) is 0 Å². The van der Waals surface area contributed by atoms with Crippen molar-refractivity contribution in [2.24, 2.45) is 46.3 Å². The lowest BCUT2D eigenvalue weighted by atomic mass is 9.47. The molecule has 0 aromatic carbocycles. The molecular formula is C31H50O4. The van der Waals surface area contributed by atoms with Crippen LogP contribution in [0.1, 0.15) is 113 Å². The molecule has 1 aliphatic heterocycles. The third kappa shape index (κ3) is 4.78. The average molecular weight is 487 g/mol. The van der Waals surface area contributed by atoms with E-state index in [0.717, 1.165) is 36.2 Å². The van der Waals surface area contributed by atoms with Crippen molar-refractivity contribution in [3.63, 3.8) is 0 Å². The quantitative estimate of drug-likeness (QED) is 0.365. The third-order valence-electron chi connectivity index (χ3n) is 10.8. The van der Waals surface area contributed by atoms with Crippen molar-refractivity contribution in [2.45, 2.75) is 125 Å². The second kappa shape index (κ2) is 9.62. The van der Waals surface area contributed by atoms with Crippen LogP contribution in [0.2, 0.25) is 0 Å². The molecule has 0 N–H and O–H groups in total. The zero-order valence-corrected chi connectivity index (χ0v) is 23.6.